The van der Waals surface area contributed by atoms with Crippen molar-refractivity contribution in [3.8, 4) is 6.07 Å². The summed E-state index contributed by atoms with van der Waals surface area (Å²) in [5.41, 5.74) is 1.73. The van der Waals surface area contributed by atoms with E-state index in [1.54, 1.807) is 18.3 Å². The SMILES string of the molecule is C[C@H](NC(=O)C(C#N)=Cc1ccc(Br)nc1)c1ccccc1. The molecule has 0 saturated carbocycles. The van der Waals surface area contributed by atoms with Gasteiger partial charge >= 0.3 is 0 Å². The zero-order valence-electron chi connectivity index (χ0n) is 12.0. The number of aromatic nitrogens is 1. The topological polar surface area (TPSA) is 65.8 Å². The standard InChI is InChI=1S/C17H14BrN3O/c1-12(14-5-3-2-4-6-14)21-17(22)15(10-19)9-13-7-8-16(18)20-11-13/h2-9,11-12H,1H3,(H,21,22)/t12-/m0/s1. The summed E-state index contributed by atoms with van der Waals surface area (Å²) < 4.78 is 0.699. The van der Waals surface area contributed by atoms with Gasteiger partial charge in [-0.2, -0.15) is 5.26 Å². The third-order valence-corrected chi connectivity index (χ3v) is 3.54. The maximum Gasteiger partial charge on any atom is 0.262 e. The molecule has 0 saturated heterocycles. The normalized spacial score (nSPS) is 12.3. The molecule has 110 valence electrons. The lowest BCUT2D eigenvalue weighted by Gasteiger charge is -2.13. The minimum absolute atomic E-state index is 0.0481. The fourth-order valence-corrected chi connectivity index (χ4v) is 2.12. The number of rotatable bonds is 4. The quantitative estimate of drug-likeness (QED) is 0.517. The van der Waals surface area contributed by atoms with Crippen LogP contribution in [0.2, 0.25) is 0 Å². The van der Waals surface area contributed by atoms with Crippen LogP contribution in [0.4, 0.5) is 0 Å². The Kier molecular flexibility index (Phi) is 5.45. The van der Waals surface area contributed by atoms with Crippen molar-refractivity contribution in [2.45, 2.75) is 13.0 Å². The van der Waals surface area contributed by atoms with Crippen LogP contribution in [0, 0.1) is 11.3 Å². The van der Waals surface area contributed by atoms with Crippen molar-refractivity contribution >= 4 is 27.9 Å². The monoisotopic (exact) mass is 355 g/mol. The van der Waals surface area contributed by atoms with Crippen LogP contribution in [-0.4, -0.2) is 10.9 Å². The average molecular weight is 356 g/mol. The van der Waals surface area contributed by atoms with Crippen molar-refractivity contribution in [2.24, 2.45) is 0 Å². The highest BCUT2D eigenvalue weighted by Gasteiger charge is 2.13. The van der Waals surface area contributed by atoms with Gasteiger partial charge in [-0.25, -0.2) is 4.98 Å². The smallest absolute Gasteiger partial charge is 0.262 e. The average Bonchev–Trinajstić information content (AvgIpc) is 2.55. The van der Waals surface area contributed by atoms with Crippen LogP contribution in [0.1, 0.15) is 24.1 Å². The predicted octanol–water partition coefficient (Wildman–Crippen LogP) is 3.63. The second-order valence-electron chi connectivity index (χ2n) is 4.69. The number of nitrogens with one attached hydrogen (secondary N) is 1. The molecule has 0 bridgehead atoms. The molecule has 1 atom stereocenters. The molecule has 0 aliphatic rings. The minimum Gasteiger partial charge on any atom is -0.345 e. The summed E-state index contributed by atoms with van der Waals surface area (Å²) in [6.07, 6.45) is 3.11. The molecular formula is C17H14BrN3O. The summed E-state index contributed by atoms with van der Waals surface area (Å²) in [6, 6.07) is 14.9. The Balaban J connectivity index is 2.12. The molecule has 1 heterocycles. The van der Waals surface area contributed by atoms with Crippen LogP contribution < -0.4 is 5.32 Å². The Labute approximate surface area is 137 Å². The predicted molar refractivity (Wildman–Crippen MR) is 88.5 cm³/mol. The van der Waals surface area contributed by atoms with Gasteiger partial charge in [0.05, 0.1) is 6.04 Å². The Morgan fingerprint density at radius 1 is 1.32 bits per heavy atom. The van der Waals surface area contributed by atoms with Gasteiger partial charge in [0.1, 0.15) is 16.2 Å². The van der Waals surface area contributed by atoms with Gasteiger partial charge in [-0.1, -0.05) is 36.4 Å². The van der Waals surface area contributed by atoms with Crippen molar-refractivity contribution in [1.29, 1.82) is 5.26 Å². The number of carbonyl (C=O) groups excluding carboxylic acids is 1. The van der Waals surface area contributed by atoms with Gasteiger partial charge in [-0.15, -0.1) is 0 Å². The first-order chi connectivity index (χ1) is 10.6. The van der Waals surface area contributed by atoms with Crippen molar-refractivity contribution in [3.63, 3.8) is 0 Å². The van der Waals surface area contributed by atoms with Gasteiger partial charge in [0.25, 0.3) is 5.91 Å². The fraction of sp³-hybridized carbons (Fsp3) is 0.118. The number of nitrogens with zero attached hydrogens (tertiary/aromatic N) is 2. The second-order valence-corrected chi connectivity index (χ2v) is 5.50. The first-order valence-corrected chi connectivity index (χ1v) is 7.48. The fourth-order valence-electron chi connectivity index (χ4n) is 1.89. The van der Waals surface area contributed by atoms with Crippen molar-refractivity contribution in [3.05, 3.63) is 70.0 Å². The highest BCUT2D eigenvalue weighted by atomic mass is 79.9. The van der Waals surface area contributed by atoms with Crippen molar-refractivity contribution in [1.82, 2.24) is 10.3 Å². The maximum atomic E-state index is 12.2. The van der Waals surface area contributed by atoms with Crippen LogP contribution in [0.25, 0.3) is 6.08 Å². The summed E-state index contributed by atoms with van der Waals surface area (Å²) in [6.45, 7) is 1.88. The molecule has 22 heavy (non-hydrogen) atoms. The molecule has 1 aromatic carbocycles. The van der Waals surface area contributed by atoms with Crippen LogP contribution in [0.3, 0.4) is 0 Å². The van der Waals surface area contributed by atoms with Gasteiger partial charge in [-0.3, -0.25) is 4.79 Å². The third kappa shape index (κ3) is 4.27. The summed E-state index contributed by atoms with van der Waals surface area (Å²) in [5, 5.41) is 12.0. The van der Waals surface area contributed by atoms with Crippen LogP contribution in [0.5, 0.6) is 0 Å². The number of benzene rings is 1. The van der Waals surface area contributed by atoms with E-state index in [2.05, 4.69) is 26.2 Å². The highest BCUT2D eigenvalue weighted by Crippen LogP contribution is 2.14. The van der Waals surface area contributed by atoms with E-state index in [1.807, 2.05) is 43.3 Å². The van der Waals surface area contributed by atoms with E-state index in [1.165, 1.54) is 6.08 Å². The molecule has 1 aromatic heterocycles. The lowest BCUT2D eigenvalue weighted by Crippen LogP contribution is -2.27. The lowest BCUT2D eigenvalue weighted by atomic mass is 10.1. The molecular weight excluding hydrogens is 342 g/mol. The summed E-state index contributed by atoms with van der Waals surface area (Å²) in [4.78, 5) is 16.3. The molecule has 0 radical (unpaired) electrons. The van der Waals surface area contributed by atoms with E-state index in [9.17, 15) is 10.1 Å². The van der Waals surface area contributed by atoms with E-state index >= 15 is 0 Å². The largest absolute Gasteiger partial charge is 0.345 e. The number of hydrogen-bond donors (Lipinski definition) is 1. The molecule has 5 heteroatoms. The zero-order chi connectivity index (χ0) is 15.9. The van der Waals surface area contributed by atoms with Gasteiger partial charge in [0.2, 0.25) is 0 Å². The molecule has 0 unspecified atom stereocenters. The first kappa shape index (κ1) is 15.9. The number of hydrogen-bond acceptors (Lipinski definition) is 3. The Hall–Kier alpha value is -2.45. The third-order valence-electron chi connectivity index (χ3n) is 3.07. The van der Waals surface area contributed by atoms with Crippen LogP contribution in [0.15, 0.2) is 58.8 Å². The number of amides is 1. The Morgan fingerprint density at radius 3 is 2.64 bits per heavy atom. The van der Waals surface area contributed by atoms with Crippen molar-refractivity contribution in [2.75, 3.05) is 0 Å². The van der Waals surface area contributed by atoms with Gasteiger partial charge in [0.15, 0.2) is 0 Å². The molecule has 2 rings (SSSR count). The van der Waals surface area contributed by atoms with Crippen LogP contribution in [-0.2, 0) is 4.79 Å². The summed E-state index contributed by atoms with van der Waals surface area (Å²) in [5.74, 6) is -0.401. The lowest BCUT2D eigenvalue weighted by molar-refractivity contribution is -0.117. The van der Waals surface area contributed by atoms with E-state index in [-0.39, 0.29) is 11.6 Å². The van der Waals surface area contributed by atoms with E-state index in [4.69, 9.17) is 0 Å². The first-order valence-electron chi connectivity index (χ1n) is 6.69. The van der Waals surface area contributed by atoms with E-state index in [0.29, 0.717) is 10.2 Å². The number of nitriles is 1. The summed E-state index contributed by atoms with van der Waals surface area (Å²) in [7, 11) is 0. The molecule has 0 fully saturated rings. The molecule has 1 amide bonds. The Morgan fingerprint density at radius 2 is 2.05 bits per heavy atom. The molecule has 0 aliphatic heterocycles. The van der Waals surface area contributed by atoms with Gasteiger partial charge in [0, 0.05) is 6.20 Å². The van der Waals surface area contributed by atoms with Crippen LogP contribution >= 0.6 is 15.9 Å². The van der Waals surface area contributed by atoms with Crippen molar-refractivity contribution < 1.29 is 4.79 Å². The number of pyridine rings is 1. The summed E-state index contributed by atoms with van der Waals surface area (Å²) >= 11 is 3.24. The number of carbonyl (C=O) groups is 1. The van der Waals surface area contributed by atoms with E-state index < -0.39 is 5.91 Å². The second kappa shape index (κ2) is 7.53. The molecule has 1 N–H and O–H groups in total. The van der Waals surface area contributed by atoms with Gasteiger partial charge in [-0.05, 0) is 46.1 Å². The Bertz CT molecular complexity index is 718. The van der Waals surface area contributed by atoms with Gasteiger partial charge < -0.3 is 5.32 Å². The molecule has 0 spiro atoms. The molecule has 4 nitrogen and oxygen atoms in total. The molecule has 0 aliphatic carbocycles. The molecule has 2 aromatic rings. The van der Waals surface area contributed by atoms with E-state index in [0.717, 1.165) is 5.56 Å². The highest BCUT2D eigenvalue weighted by molar-refractivity contribution is 9.10. The number of halogens is 1. The maximum absolute atomic E-state index is 12.2. The zero-order valence-corrected chi connectivity index (χ0v) is 13.5. The minimum atomic E-state index is -0.401.